The van der Waals surface area contributed by atoms with E-state index >= 15 is 0 Å². The molecule has 2 heterocycles. The molecule has 5 rings (SSSR count). The van der Waals surface area contributed by atoms with Crippen LogP contribution < -0.4 is 4.74 Å². The lowest BCUT2D eigenvalue weighted by Crippen LogP contribution is -2.02. The fourth-order valence-electron chi connectivity index (χ4n) is 4.15. The third kappa shape index (κ3) is 6.42. The van der Waals surface area contributed by atoms with Crippen molar-refractivity contribution in [3.8, 4) is 5.75 Å². The number of H-pyrrole nitrogens is 1. The van der Waals surface area contributed by atoms with Crippen molar-refractivity contribution in [1.82, 2.24) is 25.6 Å². The Labute approximate surface area is 211 Å². The summed E-state index contributed by atoms with van der Waals surface area (Å²) in [6.07, 6.45) is 7.23. The van der Waals surface area contributed by atoms with Gasteiger partial charge in [-0.15, -0.1) is 5.10 Å². The predicted molar refractivity (Wildman–Crippen MR) is 143 cm³/mol. The van der Waals surface area contributed by atoms with Crippen LogP contribution in [0.5, 0.6) is 5.75 Å². The molecule has 0 aliphatic heterocycles. The topological polar surface area (TPSA) is 76.6 Å². The summed E-state index contributed by atoms with van der Waals surface area (Å²) >= 11 is 0. The van der Waals surface area contributed by atoms with Crippen LogP contribution in [0.4, 0.5) is 0 Å². The number of para-hydroxylation sites is 1. The Bertz CT molecular complexity index is 1410. The SMILES string of the molecule is CC(CCc1nnn[nH]1)Cc1ccc(C=Cc2ccc(OCc3ccc4ccccc4n3)cc2)cc1. The molecule has 6 heteroatoms. The van der Waals surface area contributed by atoms with Gasteiger partial charge in [0.25, 0.3) is 0 Å². The fraction of sp³-hybridized carbons (Fsp3) is 0.200. The van der Waals surface area contributed by atoms with Gasteiger partial charge in [-0.25, -0.2) is 10.1 Å². The van der Waals surface area contributed by atoms with Crippen molar-refractivity contribution in [2.75, 3.05) is 0 Å². The largest absolute Gasteiger partial charge is 0.487 e. The van der Waals surface area contributed by atoms with E-state index in [2.05, 4.69) is 93.2 Å². The number of fused-ring (bicyclic) bond motifs is 1. The molecule has 6 nitrogen and oxygen atoms in total. The normalized spacial score (nSPS) is 12.2. The first-order valence-electron chi connectivity index (χ1n) is 12.3. The van der Waals surface area contributed by atoms with Gasteiger partial charge in [0.2, 0.25) is 0 Å². The van der Waals surface area contributed by atoms with Crippen molar-refractivity contribution in [2.45, 2.75) is 32.8 Å². The fourth-order valence-corrected chi connectivity index (χ4v) is 4.15. The van der Waals surface area contributed by atoms with Gasteiger partial charge in [0, 0.05) is 11.8 Å². The zero-order chi connectivity index (χ0) is 24.6. The monoisotopic (exact) mass is 475 g/mol. The van der Waals surface area contributed by atoms with Crippen LogP contribution in [0, 0.1) is 5.92 Å². The van der Waals surface area contributed by atoms with E-state index in [1.54, 1.807) is 0 Å². The van der Waals surface area contributed by atoms with Crippen LogP contribution in [0.25, 0.3) is 23.1 Å². The van der Waals surface area contributed by atoms with Crippen LogP contribution in [0.1, 0.15) is 41.6 Å². The molecule has 1 unspecified atom stereocenters. The summed E-state index contributed by atoms with van der Waals surface area (Å²) < 4.78 is 5.94. The number of ether oxygens (including phenoxy) is 1. The number of nitrogens with one attached hydrogen (secondary N) is 1. The third-order valence-electron chi connectivity index (χ3n) is 6.22. The van der Waals surface area contributed by atoms with Crippen molar-refractivity contribution < 1.29 is 4.74 Å². The van der Waals surface area contributed by atoms with Crippen LogP contribution in [0.3, 0.4) is 0 Å². The van der Waals surface area contributed by atoms with Gasteiger partial charge < -0.3 is 4.74 Å². The average molecular weight is 476 g/mol. The van der Waals surface area contributed by atoms with Gasteiger partial charge in [0.15, 0.2) is 0 Å². The van der Waals surface area contributed by atoms with E-state index in [0.29, 0.717) is 12.5 Å². The number of rotatable bonds is 10. The van der Waals surface area contributed by atoms with Crippen LogP contribution >= 0.6 is 0 Å². The highest BCUT2D eigenvalue weighted by atomic mass is 16.5. The number of pyridine rings is 1. The molecule has 0 saturated heterocycles. The molecule has 0 spiro atoms. The second-order valence-electron chi connectivity index (χ2n) is 9.12. The summed E-state index contributed by atoms with van der Waals surface area (Å²) in [5, 5.41) is 15.2. The van der Waals surface area contributed by atoms with Gasteiger partial charge in [-0.1, -0.05) is 79.7 Å². The zero-order valence-corrected chi connectivity index (χ0v) is 20.3. The highest BCUT2D eigenvalue weighted by Gasteiger charge is 2.06. The summed E-state index contributed by atoms with van der Waals surface area (Å²) in [6, 6.07) is 29.1. The highest BCUT2D eigenvalue weighted by Crippen LogP contribution is 2.19. The summed E-state index contributed by atoms with van der Waals surface area (Å²) in [7, 11) is 0. The van der Waals surface area contributed by atoms with E-state index in [1.807, 2.05) is 36.4 Å². The summed E-state index contributed by atoms with van der Waals surface area (Å²) in [5.74, 6) is 2.25. The molecule has 1 atom stereocenters. The molecule has 0 bridgehead atoms. The molecule has 36 heavy (non-hydrogen) atoms. The van der Waals surface area contributed by atoms with Crippen molar-refractivity contribution in [1.29, 1.82) is 0 Å². The number of hydrogen-bond acceptors (Lipinski definition) is 5. The highest BCUT2D eigenvalue weighted by molar-refractivity contribution is 5.78. The molecular weight excluding hydrogens is 446 g/mol. The number of hydrogen-bond donors (Lipinski definition) is 1. The third-order valence-corrected chi connectivity index (χ3v) is 6.22. The lowest BCUT2D eigenvalue weighted by atomic mass is 9.96. The van der Waals surface area contributed by atoms with Crippen molar-refractivity contribution in [3.63, 3.8) is 0 Å². The number of tetrazole rings is 1. The zero-order valence-electron chi connectivity index (χ0n) is 20.3. The first-order valence-corrected chi connectivity index (χ1v) is 12.3. The Morgan fingerprint density at radius 3 is 2.36 bits per heavy atom. The van der Waals surface area contributed by atoms with E-state index in [0.717, 1.165) is 53.0 Å². The number of aromatic nitrogens is 5. The van der Waals surface area contributed by atoms with Crippen LogP contribution in [0.15, 0.2) is 84.9 Å². The van der Waals surface area contributed by atoms with Gasteiger partial charge in [0.05, 0.1) is 11.2 Å². The van der Waals surface area contributed by atoms with Gasteiger partial charge >= 0.3 is 0 Å². The Hall–Kier alpha value is -4.32. The maximum atomic E-state index is 5.94. The van der Waals surface area contributed by atoms with E-state index in [4.69, 9.17) is 4.74 Å². The summed E-state index contributed by atoms with van der Waals surface area (Å²) in [4.78, 5) is 4.67. The Balaban J connectivity index is 1.10. The van der Waals surface area contributed by atoms with Crippen LogP contribution in [-0.4, -0.2) is 25.6 Å². The van der Waals surface area contributed by atoms with Gasteiger partial charge in [-0.2, -0.15) is 0 Å². The second-order valence-corrected chi connectivity index (χ2v) is 9.12. The molecule has 5 aromatic rings. The lowest BCUT2D eigenvalue weighted by Gasteiger charge is -2.10. The summed E-state index contributed by atoms with van der Waals surface area (Å²) in [5.41, 5.74) is 5.57. The number of aromatic amines is 1. The van der Waals surface area contributed by atoms with Crippen molar-refractivity contribution in [2.24, 2.45) is 5.92 Å². The number of benzene rings is 3. The number of aryl methyl sites for hydroxylation is 1. The molecule has 0 radical (unpaired) electrons. The molecule has 0 aliphatic carbocycles. The summed E-state index contributed by atoms with van der Waals surface area (Å²) in [6.45, 7) is 2.71. The van der Waals surface area contributed by atoms with Crippen molar-refractivity contribution in [3.05, 3.63) is 113 Å². The number of nitrogens with zero attached hydrogens (tertiary/aromatic N) is 4. The van der Waals surface area contributed by atoms with E-state index in [-0.39, 0.29) is 0 Å². The lowest BCUT2D eigenvalue weighted by molar-refractivity contribution is 0.302. The molecule has 0 fully saturated rings. The van der Waals surface area contributed by atoms with Crippen LogP contribution in [-0.2, 0) is 19.4 Å². The predicted octanol–water partition coefficient (Wildman–Crippen LogP) is 6.31. The van der Waals surface area contributed by atoms with Crippen molar-refractivity contribution >= 4 is 23.1 Å². The second kappa shape index (κ2) is 11.4. The molecule has 2 aromatic heterocycles. The molecule has 1 N–H and O–H groups in total. The quantitative estimate of drug-likeness (QED) is 0.240. The minimum Gasteiger partial charge on any atom is -0.487 e. The minimum absolute atomic E-state index is 0.447. The molecule has 0 aliphatic rings. The van der Waals surface area contributed by atoms with Gasteiger partial charge in [0.1, 0.15) is 18.2 Å². The first-order chi connectivity index (χ1) is 17.7. The van der Waals surface area contributed by atoms with E-state index < -0.39 is 0 Å². The maximum absolute atomic E-state index is 5.94. The Morgan fingerprint density at radius 2 is 1.61 bits per heavy atom. The molecular formula is C30H29N5O. The Kier molecular flexibility index (Phi) is 7.42. The minimum atomic E-state index is 0.447. The van der Waals surface area contributed by atoms with E-state index in [1.165, 1.54) is 11.1 Å². The molecule has 3 aromatic carbocycles. The average Bonchev–Trinajstić information content (AvgIpc) is 3.45. The van der Waals surface area contributed by atoms with Gasteiger partial charge in [-0.3, -0.25) is 0 Å². The molecule has 0 saturated carbocycles. The first kappa shape index (κ1) is 23.4. The van der Waals surface area contributed by atoms with Gasteiger partial charge in [-0.05, 0) is 70.1 Å². The standard InChI is InChI=1S/C30H29N5O/c1-22(6-19-30-32-34-35-33-30)20-25-11-9-23(10-12-25)7-8-24-13-17-28(18-14-24)36-21-27-16-15-26-4-2-3-5-29(26)31-27/h2-5,7-18,22H,6,19-21H2,1H3,(H,32,33,34,35). The molecule has 180 valence electrons. The van der Waals surface area contributed by atoms with E-state index in [9.17, 15) is 0 Å². The Morgan fingerprint density at radius 1 is 0.861 bits per heavy atom. The van der Waals surface area contributed by atoms with Crippen LogP contribution in [0.2, 0.25) is 0 Å². The smallest absolute Gasteiger partial charge is 0.148 e. The maximum Gasteiger partial charge on any atom is 0.148 e. The molecule has 0 amide bonds.